The highest BCUT2D eigenvalue weighted by molar-refractivity contribution is 6.26. The molecule has 9 rings (SSSR count). The van der Waals surface area contributed by atoms with Crippen LogP contribution in [0.4, 0.5) is 17.1 Å². The van der Waals surface area contributed by atoms with Crippen molar-refractivity contribution < 1.29 is 0 Å². The minimum atomic E-state index is 1.15. The second-order valence-electron chi connectivity index (χ2n) is 11.3. The molecule has 0 aromatic heterocycles. The van der Waals surface area contributed by atoms with E-state index in [9.17, 15) is 0 Å². The van der Waals surface area contributed by atoms with Crippen molar-refractivity contribution in [2.24, 2.45) is 0 Å². The number of fused-ring (bicyclic) bond motifs is 11. The molecule has 0 radical (unpaired) electrons. The molecule has 43 heavy (non-hydrogen) atoms. The normalized spacial score (nSPS) is 12.1. The summed E-state index contributed by atoms with van der Waals surface area (Å²) in [5, 5.41) is 7.78. The summed E-state index contributed by atoms with van der Waals surface area (Å²) >= 11 is 0. The molecule has 0 fully saturated rings. The molecule has 0 aliphatic carbocycles. The minimum absolute atomic E-state index is 1.15. The van der Waals surface area contributed by atoms with Gasteiger partial charge in [-0.3, -0.25) is 0 Å². The van der Waals surface area contributed by atoms with Crippen LogP contribution >= 0.6 is 0 Å². The largest absolute Gasteiger partial charge is 0.309 e. The molecule has 1 heteroatoms. The molecule has 1 nitrogen and oxygen atoms in total. The molecule has 200 valence electrons. The van der Waals surface area contributed by atoms with Gasteiger partial charge in [-0.05, 0) is 84.9 Å². The van der Waals surface area contributed by atoms with Crippen LogP contribution in [0.25, 0.3) is 65.7 Å². The van der Waals surface area contributed by atoms with Gasteiger partial charge in [0.2, 0.25) is 0 Å². The molecular formula is C42H27N. The SMILES string of the molecule is c1ccc(N2c3ccccc3-c3cccc(-c4ccc5c6ccccc6c6ccccc6c5c4)c3-c3ccccc32)cc1. The third-order valence-electron chi connectivity index (χ3n) is 8.98. The van der Waals surface area contributed by atoms with Crippen molar-refractivity contribution in [3.05, 3.63) is 164 Å². The Kier molecular flexibility index (Phi) is 5.27. The van der Waals surface area contributed by atoms with Gasteiger partial charge < -0.3 is 4.90 Å². The maximum absolute atomic E-state index is 2.41. The minimum Gasteiger partial charge on any atom is -0.309 e. The van der Waals surface area contributed by atoms with Crippen molar-refractivity contribution in [3.8, 4) is 33.4 Å². The van der Waals surface area contributed by atoms with Gasteiger partial charge in [-0.1, -0.05) is 133 Å². The summed E-state index contributed by atoms with van der Waals surface area (Å²) in [7, 11) is 0. The average molecular weight is 546 g/mol. The molecule has 0 N–H and O–H groups in total. The predicted octanol–water partition coefficient (Wildman–Crippen LogP) is 11.9. The molecule has 1 heterocycles. The lowest BCUT2D eigenvalue weighted by Crippen LogP contribution is -2.10. The van der Waals surface area contributed by atoms with Gasteiger partial charge in [-0.25, -0.2) is 0 Å². The Labute approximate surface area is 250 Å². The summed E-state index contributed by atoms with van der Waals surface area (Å²) in [5.41, 5.74) is 11.0. The number of hydrogen-bond acceptors (Lipinski definition) is 1. The molecule has 0 spiro atoms. The van der Waals surface area contributed by atoms with E-state index in [1.54, 1.807) is 0 Å². The summed E-state index contributed by atoms with van der Waals surface area (Å²) in [4.78, 5) is 2.41. The number of nitrogens with zero attached hydrogens (tertiary/aromatic N) is 1. The van der Waals surface area contributed by atoms with Gasteiger partial charge in [0.05, 0.1) is 11.4 Å². The van der Waals surface area contributed by atoms with Crippen LogP contribution in [0, 0.1) is 0 Å². The smallest absolute Gasteiger partial charge is 0.0540 e. The van der Waals surface area contributed by atoms with Crippen LogP contribution in [0.5, 0.6) is 0 Å². The zero-order chi connectivity index (χ0) is 28.3. The Morgan fingerprint density at radius 2 is 0.791 bits per heavy atom. The topological polar surface area (TPSA) is 3.24 Å². The standard InChI is InChI=1S/C42H27N/c1-2-13-29(14-3-1)43-40-23-10-8-19-36(40)37-22-12-21-30(42(37)38-20-9-11-24-41(38)43)28-25-26-35-33-17-5-4-15-31(33)32-16-6-7-18-34(32)39(35)27-28/h1-27H. The quantitative estimate of drug-likeness (QED) is 0.195. The Morgan fingerprint density at radius 1 is 0.302 bits per heavy atom. The number of hydrogen-bond donors (Lipinski definition) is 0. The maximum atomic E-state index is 2.41. The van der Waals surface area contributed by atoms with Gasteiger partial charge in [-0.15, -0.1) is 0 Å². The van der Waals surface area contributed by atoms with Crippen molar-refractivity contribution in [3.63, 3.8) is 0 Å². The fourth-order valence-corrected chi connectivity index (χ4v) is 7.14. The Bertz CT molecular complexity index is 2310. The fourth-order valence-electron chi connectivity index (χ4n) is 7.14. The second-order valence-corrected chi connectivity index (χ2v) is 11.3. The zero-order valence-electron chi connectivity index (χ0n) is 23.5. The number of benzene rings is 8. The van der Waals surface area contributed by atoms with Crippen molar-refractivity contribution in [2.45, 2.75) is 0 Å². The van der Waals surface area contributed by atoms with Crippen molar-refractivity contribution in [1.82, 2.24) is 0 Å². The lowest BCUT2D eigenvalue weighted by molar-refractivity contribution is 1.29. The highest BCUT2D eigenvalue weighted by atomic mass is 15.1. The molecule has 0 unspecified atom stereocenters. The summed E-state index contributed by atoms with van der Waals surface area (Å²) in [6.45, 7) is 0. The number of anilines is 3. The molecule has 0 saturated carbocycles. The zero-order valence-corrected chi connectivity index (χ0v) is 23.5. The highest BCUT2D eigenvalue weighted by Gasteiger charge is 2.27. The Morgan fingerprint density at radius 3 is 1.49 bits per heavy atom. The first-order valence-electron chi connectivity index (χ1n) is 14.9. The summed E-state index contributed by atoms with van der Waals surface area (Å²) in [6.07, 6.45) is 0. The van der Waals surface area contributed by atoms with Gasteiger partial charge in [-0.2, -0.15) is 0 Å². The van der Waals surface area contributed by atoms with Gasteiger partial charge in [0.25, 0.3) is 0 Å². The lowest BCUT2D eigenvalue weighted by atomic mass is 9.86. The first-order valence-corrected chi connectivity index (χ1v) is 14.9. The van der Waals surface area contributed by atoms with Crippen LogP contribution in [-0.2, 0) is 0 Å². The van der Waals surface area contributed by atoms with E-state index in [1.165, 1.54) is 77.1 Å². The number of rotatable bonds is 2. The van der Waals surface area contributed by atoms with E-state index in [-0.39, 0.29) is 0 Å². The predicted molar refractivity (Wildman–Crippen MR) is 184 cm³/mol. The van der Waals surface area contributed by atoms with Crippen LogP contribution in [0.2, 0.25) is 0 Å². The molecule has 0 atom stereocenters. The second kappa shape index (κ2) is 9.44. The molecule has 0 amide bonds. The van der Waals surface area contributed by atoms with Crippen LogP contribution < -0.4 is 4.90 Å². The van der Waals surface area contributed by atoms with E-state index in [0.29, 0.717) is 0 Å². The van der Waals surface area contributed by atoms with E-state index >= 15 is 0 Å². The molecule has 0 saturated heterocycles. The first kappa shape index (κ1) is 24.0. The fraction of sp³-hybridized carbons (Fsp3) is 0. The third kappa shape index (κ3) is 3.58. The highest BCUT2D eigenvalue weighted by Crippen LogP contribution is 2.53. The van der Waals surface area contributed by atoms with Crippen molar-refractivity contribution >= 4 is 49.4 Å². The van der Waals surface area contributed by atoms with Gasteiger partial charge in [0.1, 0.15) is 0 Å². The Hall–Kier alpha value is -5.66. The number of para-hydroxylation sites is 3. The van der Waals surface area contributed by atoms with Crippen LogP contribution in [0.1, 0.15) is 0 Å². The van der Waals surface area contributed by atoms with Crippen LogP contribution in [-0.4, -0.2) is 0 Å². The molecule has 1 aliphatic heterocycles. The maximum Gasteiger partial charge on any atom is 0.0540 e. The summed E-state index contributed by atoms with van der Waals surface area (Å²) in [6, 6.07) is 59.8. The summed E-state index contributed by atoms with van der Waals surface area (Å²) in [5.74, 6) is 0. The molecule has 8 aromatic carbocycles. The van der Waals surface area contributed by atoms with E-state index in [1.807, 2.05) is 0 Å². The lowest BCUT2D eigenvalue weighted by Gasteiger charge is -2.27. The molecule has 1 aliphatic rings. The van der Waals surface area contributed by atoms with E-state index in [4.69, 9.17) is 0 Å². The van der Waals surface area contributed by atoms with E-state index in [0.717, 1.165) is 5.69 Å². The Balaban J connectivity index is 1.37. The monoisotopic (exact) mass is 545 g/mol. The van der Waals surface area contributed by atoms with Gasteiger partial charge >= 0.3 is 0 Å². The third-order valence-corrected chi connectivity index (χ3v) is 8.98. The summed E-state index contributed by atoms with van der Waals surface area (Å²) < 4.78 is 0. The molecular weight excluding hydrogens is 518 g/mol. The average Bonchev–Trinajstić information content (AvgIpc) is 3.21. The molecule has 8 aromatic rings. The van der Waals surface area contributed by atoms with Crippen molar-refractivity contribution in [1.29, 1.82) is 0 Å². The van der Waals surface area contributed by atoms with E-state index < -0.39 is 0 Å². The van der Waals surface area contributed by atoms with Crippen molar-refractivity contribution in [2.75, 3.05) is 4.90 Å². The van der Waals surface area contributed by atoms with Gasteiger partial charge in [0, 0.05) is 16.8 Å². The van der Waals surface area contributed by atoms with E-state index in [2.05, 4.69) is 169 Å². The molecule has 0 bridgehead atoms. The van der Waals surface area contributed by atoms with Gasteiger partial charge in [0.15, 0.2) is 0 Å². The van der Waals surface area contributed by atoms with Crippen LogP contribution in [0.3, 0.4) is 0 Å². The first-order chi connectivity index (χ1) is 21.4. The van der Waals surface area contributed by atoms with Crippen LogP contribution in [0.15, 0.2) is 164 Å².